The van der Waals surface area contributed by atoms with Crippen LogP contribution in [-0.4, -0.2) is 64.3 Å². The minimum absolute atomic E-state index is 0.164. The molecule has 0 spiro atoms. The van der Waals surface area contributed by atoms with Gasteiger partial charge >= 0.3 is 6.03 Å². The fourth-order valence-corrected chi connectivity index (χ4v) is 4.87. The molecule has 2 N–H and O–H groups in total. The molecule has 1 saturated carbocycles. The summed E-state index contributed by atoms with van der Waals surface area (Å²) in [7, 11) is -3.50. The SMILES string of the molecule is O=C(NCCOc1ccc(S(=O)(=O)N2CCOCC2)cc1)NC1CCCCC1. The molecule has 9 heteroatoms. The van der Waals surface area contributed by atoms with E-state index in [9.17, 15) is 13.2 Å². The summed E-state index contributed by atoms with van der Waals surface area (Å²) in [6.45, 7) is 2.27. The van der Waals surface area contributed by atoms with Crippen LogP contribution in [0, 0.1) is 0 Å². The third kappa shape index (κ3) is 5.83. The van der Waals surface area contributed by atoms with E-state index in [4.69, 9.17) is 9.47 Å². The molecular weight excluding hydrogens is 382 g/mol. The summed E-state index contributed by atoms with van der Waals surface area (Å²) in [5, 5.41) is 5.78. The number of hydrogen-bond acceptors (Lipinski definition) is 5. The van der Waals surface area contributed by atoms with Gasteiger partial charge in [-0.2, -0.15) is 4.31 Å². The van der Waals surface area contributed by atoms with Crippen LogP contribution >= 0.6 is 0 Å². The van der Waals surface area contributed by atoms with Crippen molar-refractivity contribution in [3.63, 3.8) is 0 Å². The van der Waals surface area contributed by atoms with Crippen molar-refractivity contribution < 1.29 is 22.7 Å². The van der Waals surface area contributed by atoms with Gasteiger partial charge in [-0.25, -0.2) is 13.2 Å². The van der Waals surface area contributed by atoms with Crippen molar-refractivity contribution in [1.82, 2.24) is 14.9 Å². The highest BCUT2D eigenvalue weighted by atomic mass is 32.2. The Hall–Kier alpha value is -1.84. The van der Waals surface area contributed by atoms with Crippen LogP contribution in [0.15, 0.2) is 29.2 Å². The molecule has 1 aliphatic carbocycles. The molecule has 1 heterocycles. The molecule has 1 aromatic rings. The highest BCUT2D eigenvalue weighted by molar-refractivity contribution is 7.89. The second-order valence-electron chi connectivity index (χ2n) is 7.07. The maximum Gasteiger partial charge on any atom is 0.315 e. The van der Waals surface area contributed by atoms with Gasteiger partial charge in [0.2, 0.25) is 10.0 Å². The molecule has 28 heavy (non-hydrogen) atoms. The number of sulfonamides is 1. The fourth-order valence-electron chi connectivity index (χ4n) is 3.46. The quantitative estimate of drug-likeness (QED) is 0.666. The van der Waals surface area contributed by atoms with Gasteiger partial charge < -0.3 is 20.1 Å². The van der Waals surface area contributed by atoms with E-state index in [1.807, 2.05) is 0 Å². The number of nitrogens with one attached hydrogen (secondary N) is 2. The molecule has 2 amide bonds. The summed E-state index contributed by atoms with van der Waals surface area (Å²) in [4.78, 5) is 12.1. The zero-order chi connectivity index (χ0) is 19.8. The Morgan fingerprint density at radius 3 is 2.46 bits per heavy atom. The summed E-state index contributed by atoms with van der Waals surface area (Å²) in [6.07, 6.45) is 5.68. The number of benzene rings is 1. The Bertz CT molecular complexity index is 726. The molecule has 1 aromatic carbocycles. The number of carbonyl (C=O) groups excluding carboxylic acids is 1. The van der Waals surface area contributed by atoms with Gasteiger partial charge in [0.05, 0.1) is 24.7 Å². The van der Waals surface area contributed by atoms with Crippen molar-refractivity contribution in [3.05, 3.63) is 24.3 Å². The Labute approximate surface area is 166 Å². The second kappa shape index (κ2) is 10.1. The van der Waals surface area contributed by atoms with Crippen molar-refractivity contribution in [2.45, 2.75) is 43.0 Å². The van der Waals surface area contributed by atoms with Crippen LogP contribution in [0.3, 0.4) is 0 Å². The van der Waals surface area contributed by atoms with Crippen LogP contribution in [-0.2, 0) is 14.8 Å². The van der Waals surface area contributed by atoms with Crippen molar-refractivity contribution in [2.24, 2.45) is 0 Å². The van der Waals surface area contributed by atoms with E-state index in [-0.39, 0.29) is 17.0 Å². The molecule has 2 aliphatic rings. The van der Waals surface area contributed by atoms with Crippen LogP contribution in [0.25, 0.3) is 0 Å². The van der Waals surface area contributed by atoms with E-state index in [0.717, 1.165) is 12.8 Å². The molecule has 156 valence electrons. The Balaban J connectivity index is 1.40. The normalized spacial score (nSPS) is 19.1. The van der Waals surface area contributed by atoms with Gasteiger partial charge in [0.25, 0.3) is 0 Å². The Morgan fingerprint density at radius 2 is 1.79 bits per heavy atom. The number of urea groups is 1. The summed E-state index contributed by atoms with van der Waals surface area (Å²) < 4.78 is 37.4. The predicted octanol–water partition coefficient (Wildman–Crippen LogP) is 1.72. The number of carbonyl (C=O) groups is 1. The highest BCUT2D eigenvalue weighted by Gasteiger charge is 2.26. The van der Waals surface area contributed by atoms with Crippen LogP contribution < -0.4 is 15.4 Å². The summed E-state index contributed by atoms with van der Waals surface area (Å²) in [5.41, 5.74) is 0. The molecule has 0 unspecified atom stereocenters. The number of nitrogens with zero attached hydrogens (tertiary/aromatic N) is 1. The van der Waals surface area contributed by atoms with Gasteiger partial charge in [-0.3, -0.25) is 0 Å². The average molecular weight is 412 g/mol. The average Bonchev–Trinajstić information content (AvgIpc) is 2.73. The lowest BCUT2D eigenvalue weighted by Crippen LogP contribution is -2.44. The number of ether oxygens (including phenoxy) is 2. The molecular formula is C19H29N3O5S. The molecule has 1 saturated heterocycles. The van der Waals surface area contributed by atoms with Crippen LogP contribution in [0.4, 0.5) is 4.79 Å². The number of rotatable bonds is 7. The first-order chi connectivity index (χ1) is 13.6. The molecule has 2 fully saturated rings. The van der Waals surface area contributed by atoms with E-state index in [0.29, 0.717) is 45.2 Å². The van der Waals surface area contributed by atoms with E-state index in [2.05, 4.69) is 10.6 Å². The fraction of sp³-hybridized carbons (Fsp3) is 0.632. The van der Waals surface area contributed by atoms with Gasteiger partial charge in [0.15, 0.2) is 0 Å². The Morgan fingerprint density at radius 1 is 1.11 bits per heavy atom. The lowest BCUT2D eigenvalue weighted by Gasteiger charge is -2.26. The van der Waals surface area contributed by atoms with E-state index < -0.39 is 10.0 Å². The molecule has 8 nitrogen and oxygen atoms in total. The van der Waals surface area contributed by atoms with Crippen molar-refractivity contribution in [1.29, 1.82) is 0 Å². The lowest BCUT2D eigenvalue weighted by molar-refractivity contribution is 0.0730. The first kappa shape index (κ1) is 20.9. The van der Waals surface area contributed by atoms with Crippen molar-refractivity contribution >= 4 is 16.1 Å². The number of amides is 2. The maximum atomic E-state index is 12.6. The topological polar surface area (TPSA) is 97.0 Å². The molecule has 0 aromatic heterocycles. The van der Waals surface area contributed by atoms with Gasteiger partial charge in [-0.05, 0) is 37.1 Å². The van der Waals surface area contributed by atoms with E-state index in [1.165, 1.54) is 23.6 Å². The third-order valence-corrected chi connectivity index (χ3v) is 6.94. The van der Waals surface area contributed by atoms with Crippen LogP contribution in [0.5, 0.6) is 5.75 Å². The highest BCUT2D eigenvalue weighted by Crippen LogP contribution is 2.20. The van der Waals surface area contributed by atoms with Crippen molar-refractivity contribution in [3.8, 4) is 5.75 Å². The Kier molecular flexibility index (Phi) is 7.52. The molecule has 1 aliphatic heterocycles. The third-order valence-electron chi connectivity index (χ3n) is 5.03. The molecule has 3 rings (SSSR count). The zero-order valence-corrected chi connectivity index (χ0v) is 16.9. The maximum absolute atomic E-state index is 12.6. The van der Waals surface area contributed by atoms with E-state index in [1.54, 1.807) is 24.3 Å². The standard InChI is InChI=1S/C19H29N3O5S/c23-19(21-16-4-2-1-3-5-16)20-10-13-27-17-6-8-18(9-7-17)28(24,25)22-11-14-26-15-12-22/h6-9,16H,1-5,10-15H2,(H2,20,21,23). The van der Waals surface area contributed by atoms with Gasteiger partial charge in [-0.15, -0.1) is 0 Å². The smallest absolute Gasteiger partial charge is 0.315 e. The summed E-state index contributed by atoms with van der Waals surface area (Å²) in [6, 6.07) is 6.47. The summed E-state index contributed by atoms with van der Waals surface area (Å²) >= 11 is 0. The van der Waals surface area contributed by atoms with Crippen molar-refractivity contribution in [2.75, 3.05) is 39.5 Å². The lowest BCUT2D eigenvalue weighted by atomic mass is 9.96. The minimum Gasteiger partial charge on any atom is -0.492 e. The molecule has 0 atom stereocenters. The second-order valence-corrected chi connectivity index (χ2v) is 9.01. The number of morpholine rings is 1. The first-order valence-electron chi connectivity index (χ1n) is 9.91. The molecule has 0 radical (unpaired) electrons. The largest absolute Gasteiger partial charge is 0.492 e. The van der Waals surface area contributed by atoms with Gasteiger partial charge in [0.1, 0.15) is 12.4 Å². The van der Waals surface area contributed by atoms with E-state index >= 15 is 0 Å². The monoisotopic (exact) mass is 411 g/mol. The zero-order valence-electron chi connectivity index (χ0n) is 16.1. The predicted molar refractivity (Wildman–Crippen MR) is 105 cm³/mol. The minimum atomic E-state index is -3.50. The van der Waals surface area contributed by atoms with Gasteiger partial charge in [-0.1, -0.05) is 19.3 Å². The van der Waals surface area contributed by atoms with Crippen LogP contribution in [0.2, 0.25) is 0 Å². The molecule has 0 bridgehead atoms. The number of hydrogen-bond donors (Lipinski definition) is 2. The summed E-state index contributed by atoms with van der Waals surface area (Å²) in [5.74, 6) is 0.565. The van der Waals surface area contributed by atoms with Crippen LogP contribution in [0.1, 0.15) is 32.1 Å². The first-order valence-corrected chi connectivity index (χ1v) is 11.3. The van der Waals surface area contributed by atoms with Gasteiger partial charge in [0, 0.05) is 19.1 Å².